The topological polar surface area (TPSA) is 129 Å². The Kier molecular flexibility index (Phi) is 18.3. The monoisotopic (exact) mass is 420 g/mol. The summed E-state index contributed by atoms with van der Waals surface area (Å²) in [5, 5.41) is 15.8. The van der Waals surface area contributed by atoms with Crippen molar-refractivity contribution in [3.8, 4) is 0 Å². The molecule has 0 rings (SSSR count). The molecule has 28 heavy (non-hydrogen) atoms. The lowest BCUT2D eigenvalue weighted by Gasteiger charge is -2.24. The predicted molar refractivity (Wildman–Crippen MR) is 107 cm³/mol. The van der Waals surface area contributed by atoms with E-state index in [9.17, 15) is 14.4 Å². The van der Waals surface area contributed by atoms with Gasteiger partial charge in [-0.05, 0) is 27.2 Å². The molecule has 0 aromatic carbocycles. The van der Waals surface area contributed by atoms with Crippen LogP contribution in [0.15, 0.2) is 36.5 Å². The Labute approximate surface area is 167 Å². The van der Waals surface area contributed by atoms with Crippen LogP contribution in [0.3, 0.4) is 0 Å². The number of carbonyl (C=O) groups excluding carboxylic acids is 1. The molecule has 0 aromatic heterocycles. The van der Waals surface area contributed by atoms with E-state index in [1.165, 1.54) is 13.8 Å². The number of rotatable bonds is 10. The lowest BCUT2D eigenvalue weighted by molar-refractivity contribution is -0.139. The Morgan fingerprint density at radius 1 is 0.786 bits per heavy atom. The fourth-order valence-electron chi connectivity index (χ4n) is 1.13. The summed E-state index contributed by atoms with van der Waals surface area (Å²) in [7, 11) is 2.13. The highest BCUT2D eigenvalue weighted by atomic mass is 28.4. The van der Waals surface area contributed by atoms with Gasteiger partial charge in [0.05, 0.1) is 6.61 Å². The Morgan fingerprint density at radius 3 is 1.32 bits per heavy atom. The first-order valence-corrected chi connectivity index (χ1v) is 9.99. The number of carboxylic acids is 2. The van der Waals surface area contributed by atoms with Crippen LogP contribution in [-0.4, -0.2) is 64.9 Å². The maximum Gasteiger partial charge on any atom is 0.500 e. The maximum absolute atomic E-state index is 11.1. The molecule has 0 atom stereocenters. The zero-order valence-electron chi connectivity index (χ0n) is 17.5. The molecule has 0 aliphatic heterocycles. The number of hydrogen-bond donors (Lipinski definition) is 2. The molecule has 9 nitrogen and oxygen atoms in total. The van der Waals surface area contributed by atoms with Gasteiger partial charge in [0.25, 0.3) is 0 Å². The molecule has 0 aliphatic rings. The van der Waals surface area contributed by atoms with E-state index < -0.39 is 20.7 Å². The summed E-state index contributed by atoms with van der Waals surface area (Å²) in [6, 6.07) is 0.611. The highest BCUT2D eigenvalue weighted by Gasteiger charge is 2.36. The predicted octanol–water partition coefficient (Wildman–Crippen LogP) is 2.67. The van der Waals surface area contributed by atoms with Crippen molar-refractivity contribution >= 4 is 26.7 Å². The van der Waals surface area contributed by atoms with Crippen LogP contribution in [0.2, 0.25) is 6.04 Å². The van der Waals surface area contributed by atoms with E-state index >= 15 is 0 Å². The maximum atomic E-state index is 11.1. The first-order valence-electron chi connectivity index (χ1n) is 8.05. The van der Waals surface area contributed by atoms with Crippen molar-refractivity contribution in [1.82, 2.24) is 0 Å². The van der Waals surface area contributed by atoms with Gasteiger partial charge >= 0.3 is 26.7 Å². The van der Waals surface area contributed by atoms with Gasteiger partial charge in [0.15, 0.2) is 0 Å². The average Bonchev–Trinajstić information content (AvgIpc) is 2.63. The number of aliphatic carboxylic acids is 2. The van der Waals surface area contributed by atoms with Crippen molar-refractivity contribution in [2.75, 3.05) is 27.9 Å². The van der Waals surface area contributed by atoms with Crippen molar-refractivity contribution in [3.05, 3.63) is 36.5 Å². The van der Waals surface area contributed by atoms with Gasteiger partial charge in [-0.25, -0.2) is 14.4 Å². The lowest BCUT2D eigenvalue weighted by atomic mass is 10.4. The summed E-state index contributed by atoms with van der Waals surface area (Å²) >= 11 is 0. The van der Waals surface area contributed by atoms with Crippen molar-refractivity contribution < 1.29 is 42.6 Å². The van der Waals surface area contributed by atoms with Gasteiger partial charge < -0.3 is 28.2 Å². The third-order valence-corrected chi connectivity index (χ3v) is 5.70. The van der Waals surface area contributed by atoms with Crippen LogP contribution < -0.4 is 0 Å². The second-order valence-electron chi connectivity index (χ2n) is 5.49. The fourth-order valence-corrected chi connectivity index (χ4v) is 2.82. The average molecular weight is 421 g/mol. The van der Waals surface area contributed by atoms with E-state index in [1.807, 2.05) is 0 Å². The normalized spacial score (nSPS) is 9.64. The van der Waals surface area contributed by atoms with E-state index in [0.29, 0.717) is 24.6 Å². The summed E-state index contributed by atoms with van der Waals surface area (Å²) < 4.78 is 20.6. The Balaban J connectivity index is -0.000000426. The first kappa shape index (κ1) is 30.5. The molecule has 0 fully saturated rings. The first-order chi connectivity index (χ1) is 12.8. The van der Waals surface area contributed by atoms with Crippen LogP contribution in [0.4, 0.5) is 0 Å². The molecule has 0 radical (unpaired) electrons. The van der Waals surface area contributed by atoms with E-state index in [4.69, 9.17) is 28.2 Å². The SMILES string of the molecule is C=C(C)C(=O)O.C=C(C)C(=O)O.C=C(C)C(=O)OCCC[Si](OC)(OC)OC. The van der Waals surface area contributed by atoms with E-state index in [-0.39, 0.29) is 17.1 Å². The molecule has 0 saturated carbocycles. The summed E-state index contributed by atoms with van der Waals surface area (Å²) in [5.41, 5.74) is 0.749. The zero-order chi connectivity index (χ0) is 22.9. The molecule has 0 aromatic rings. The molecule has 0 amide bonds. The Hall–Kier alpha value is -2.27. The second-order valence-corrected chi connectivity index (χ2v) is 8.58. The van der Waals surface area contributed by atoms with Crippen molar-refractivity contribution in [3.63, 3.8) is 0 Å². The summed E-state index contributed by atoms with van der Waals surface area (Å²) in [6.45, 7) is 14.6. The van der Waals surface area contributed by atoms with E-state index in [0.717, 1.165) is 0 Å². The van der Waals surface area contributed by atoms with Crippen LogP contribution in [0.5, 0.6) is 0 Å². The van der Waals surface area contributed by atoms with Gasteiger partial charge in [0.1, 0.15) is 0 Å². The molecule has 2 N–H and O–H groups in total. The highest BCUT2D eigenvalue weighted by molar-refractivity contribution is 6.60. The smallest absolute Gasteiger partial charge is 0.478 e. The summed E-state index contributed by atoms with van der Waals surface area (Å²) in [5.74, 6) is -2.25. The molecular formula is C18H32O9Si. The molecule has 0 bridgehead atoms. The Morgan fingerprint density at radius 2 is 1.11 bits per heavy atom. The highest BCUT2D eigenvalue weighted by Crippen LogP contribution is 2.14. The molecular weight excluding hydrogens is 388 g/mol. The van der Waals surface area contributed by atoms with Gasteiger partial charge in [0, 0.05) is 44.1 Å². The number of ether oxygens (including phenoxy) is 1. The minimum Gasteiger partial charge on any atom is -0.478 e. The zero-order valence-corrected chi connectivity index (χ0v) is 18.5. The lowest BCUT2D eigenvalue weighted by Crippen LogP contribution is -2.42. The molecule has 10 heteroatoms. The third-order valence-electron chi connectivity index (χ3n) is 2.87. The minimum absolute atomic E-state index is 0.176. The van der Waals surface area contributed by atoms with Crippen LogP contribution in [-0.2, 0) is 32.4 Å². The molecule has 0 unspecified atom stereocenters. The minimum atomic E-state index is -2.53. The van der Waals surface area contributed by atoms with Gasteiger partial charge in [-0.2, -0.15) is 0 Å². The number of hydrogen-bond acceptors (Lipinski definition) is 7. The van der Waals surface area contributed by atoms with Gasteiger partial charge in [-0.1, -0.05) is 19.7 Å². The van der Waals surface area contributed by atoms with Crippen molar-refractivity contribution in [1.29, 1.82) is 0 Å². The molecule has 0 saturated heterocycles. The number of carbonyl (C=O) groups is 3. The number of esters is 1. The summed E-state index contributed by atoms with van der Waals surface area (Å²) in [6.07, 6.45) is 0.640. The molecule has 0 heterocycles. The molecule has 162 valence electrons. The van der Waals surface area contributed by atoms with Crippen LogP contribution in [0, 0.1) is 0 Å². The van der Waals surface area contributed by atoms with E-state index in [1.54, 1.807) is 28.3 Å². The van der Waals surface area contributed by atoms with Crippen molar-refractivity contribution in [2.24, 2.45) is 0 Å². The molecule has 0 aliphatic carbocycles. The van der Waals surface area contributed by atoms with Crippen molar-refractivity contribution in [2.45, 2.75) is 33.2 Å². The van der Waals surface area contributed by atoms with Crippen LogP contribution in [0.1, 0.15) is 27.2 Å². The van der Waals surface area contributed by atoms with Gasteiger partial charge in [0.2, 0.25) is 0 Å². The van der Waals surface area contributed by atoms with E-state index in [2.05, 4.69) is 19.7 Å². The van der Waals surface area contributed by atoms with Crippen LogP contribution in [0.25, 0.3) is 0 Å². The summed E-state index contributed by atoms with van der Waals surface area (Å²) in [4.78, 5) is 30.3. The fraction of sp³-hybridized carbons (Fsp3) is 0.500. The van der Waals surface area contributed by atoms with Gasteiger partial charge in [-0.15, -0.1) is 0 Å². The third kappa shape index (κ3) is 17.2. The quantitative estimate of drug-likeness (QED) is 0.237. The molecule has 0 spiro atoms. The van der Waals surface area contributed by atoms with Gasteiger partial charge in [-0.3, -0.25) is 0 Å². The number of carboxylic acid groups (broad SMARTS) is 2. The Bertz CT molecular complexity index is 495. The second kappa shape index (κ2) is 16.9. The largest absolute Gasteiger partial charge is 0.500 e. The van der Waals surface area contributed by atoms with Crippen LogP contribution >= 0.6 is 0 Å². The standard InChI is InChI=1S/C10H20O5Si.2C4H6O2/c1-9(2)10(11)15-7-6-8-16(12-3,13-4)14-5;2*1-3(2)4(5)6/h1,6-8H2,2-5H3;2*1H2,2H3,(H,5,6).